The van der Waals surface area contributed by atoms with E-state index in [2.05, 4.69) is 15.3 Å². The van der Waals surface area contributed by atoms with Crippen LogP contribution in [0.15, 0.2) is 27.9 Å². The molecule has 0 spiro atoms. The van der Waals surface area contributed by atoms with Crippen molar-refractivity contribution in [3.05, 3.63) is 55.9 Å². The molecular weight excluding hydrogens is 358 g/mol. The number of nitrogens with one attached hydrogen (secondary N) is 1. The molecule has 1 amide bonds. The van der Waals surface area contributed by atoms with Crippen LogP contribution in [-0.2, 0) is 13.6 Å². The van der Waals surface area contributed by atoms with E-state index in [-0.39, 0.29) is 28.5 Å². The lowest BCUT2D eigenvalue weighted by Crippen LogP contribution is -2.37. The van der Waals surface area contributed by atoms with Crippen molar-refractivity contribution in [1.82, 2.24) is 19.7 Å². The van der Waals surface area contributed by atoms with Gasteiger partial charge >= 0.3 is 0 Å². The lowest BCUT2D eigenvalue weighted by Gasteiger charge is -2.18. The van der Waals surface area contributed by atoms with Crippen LogP contribution in [0, 0.1) is 19.8 Å². The molecular formula is C20H27N5O3. The van der Waals surface area contributed by atoms with E-state index in [1.54, 1.807) is 30.8 Å². The number of pyridine rings is 1. The molecule has 1 saturated heterocycles. The van der Waals surface area contributed by atoms with Crippen molar-refractivity contribution in [1.29, 1.82) is 0 Å². The first-order valence-corrected chi connectivity index (χ1v) is 9.59. The fraction of sp³-hybridized carbons (Fsp3) is 0.500. The van der Waals surface area contributed by atoms with Gasteiger partial charge in [-0.15, -0.1) is 0 Å². The van der Waals surface area contributed by atoms with Crippen molar-refractivity contribution in [2.45, 2.75) is 33.7 Å². The fourth-order valence-electron chi connectivity index (χ4n) is 3.79. The Balaban J connectivity index is 1.65. The van der Waals surface area contributed by atoms with Crippen molar-refractivity contribution in [2.24, 2.45) is 13.0 Å². The third kappa shape index (κ3) is 3.85. The number of amides is 1. The summed E-state index contributed by atoms with van der Waals surface area (Å²) in [6.07, 6.45) is 2.59. The Morgan fingerprint density at radius 3 is 2.71 bits per heavy atom. The first-order chi connectivity index (χ1) is 13.3. The van der Waals surface area contributed by atoms with E-state index in [1.165, 1.54) is 4.68 Å². The van der Waals surface area contributed by atoms with Crippen LogP contribution < -0.4 is 21.3 Å². The largest absolute Gasteiger partial charge is 0.370 e. The van der Waals surface area contributed by atoms with Crippen LogP contribution in [0.4, 0.5) is 5.69 Å². The average molecular weight is 385 g/mol. The van der Waals surface area contributed by atoms with Crippen molar-refractivity contribution in [3.8, 4) is 0 Å². The summed E-state index contributed by atoms with van der Waals surface area (Å²) >= 11 is 0. The molecule has 8 heteroatoms. The van der Waals surface area contributed by atoms with E-state index in [1.807, 2.05) is 19.9 Å². The van der Waals surface area contributed by atoms with Gasteiger partial charge in [0.2, 0.25) is 0 Å². The Kier molecular flexibility index (Phi) is 5.67. The first kappa shape index (κ1) is 19.9. The maximum Gasteiger partial charge on any atom is 0.268 e. The minimum absolute atomic E-state index is 0.142. The summed E-state index contributed by atoms with van der Waals surface area (Å²) < 4.78 is 2.91. The van der Waals surface area contributed by atoms with Crippen molar-refractivity contribution in [3.63, 3.8) is 0 Å². The van der Waals surface area contributed by atoms with Crippen LogP contribution in [0.25, 0.3) is 0 Å². The SMILES string of the molecule is CCn1c(C)cc(C)c(C(=O)NCC2CCN(c3cnn(C)c(=O)c3)C2)c1=O. The Bertz CT molecular complexity index is 1010. The van der Waals surface area contributed by atoms with Gasteiger partial charge in [-0.2, -0.15) is 5.10 Å². The molecule has 0 radical (unpaired) electrons. The molecule has 0 saturated carbocycles. The molecule has 8 nitrogen and oxygen atoms in total. The molecule has 1 fully saturated rings. The molecule has 0 aromatic carbocycles. The molecule has 1 atom stereocenters. The Morgan fingerprint density at radius 1 is 1.29 bits per heavy atom. The molecule has 1 aliphatic heterocycles. The molecule has 2 aromatic rings. The summed E-state index contributed by atoms with van der Waals surface area (Å²) in [6.45, 7) is 8.13. The zero-order chi connectivity index (χ0) is 20.4. The van der Waals surface area contributed by atoms with Crippen LogP contribution in [0.1, 0.15) is 35.0 Å². The van der Waals surface area contributed by atoms with E-state index in [9.17, 15) is 14.4 Å². The standard InChI is InChI=1S/C20H27N5O3/c1-5-25-14(3)8-13(2)18(20(25)28)19(27)21-10-15-6-7-24(12-15)16-9-17(26)23(4)22-11-16/h8-9,11,15H,5-7,10,12H2,1-4H3,(H,21,27). The highest BCUT2D eigenvalue weighted by Gasteiger charge is 2.25. The molecule has 150 valence electrons. The van der Waals surface area contributed by atoms with Gasteiger partial charge in [0.15, 0.2) is 0 Å². The second kappa shape index (κ2) is 8.00. The number of nitrogens with zero attached hydrogens (tertiary/aromatic N) is 4. The van der Waals surface area contributed by atoms with Crippen LogP contribution in [0.2, 0.25) is 0 Å². The maximum atomic E-state index is 12.7. The average Bonchev–Trinajstić information content (AvgIpc) is 3.11. The van der Waals surface area contributed by atoms with Gasteiger partial charge in [-0.1, -0.05) is 0 Å². The molecule has 1 aliphatic rings. The van der Waals surface area contributed by atoms with Gasteiger partial charge in [-0.25, -0.2) is 4.68 Å². The number of carbonyl (C=O) groups excluding carboxylic acids is 1. The number of hydrogen-bond donors (Lipinski definition) is 1. The van der Waals surface area contributed by atoms with Crippen molar-refractivity contribution in [2.75, 3.05) is 24.5 Å². The molecule has 0 bridgehead atoms. The van der Waals surface area contributed by atoms with Gasteiger partial charge in [0.05, 0.1) is 11.9 Å². The molecule has 3 rings (SSSR count). The van der Waals surface area contributed by atoms with Gasteiger partial charge in [0, 0.05) is 45.0 Å². The Morgan fingerprint density at radius 2 is 2.04 bits per heavy atom. The van der Waals surface area contributed by atoms with Crippen LogP contribution in [0.5, 0.6) is 0 Å². The van der Waals surface area contributed by atoms with Gasteiger partial charge in [-0.3, -0.25) is 14.4 Å². The Labute approximate surface area is 163 Å². The fourth-order valence-corrected chi connectivity index (χ4v) is 3.79. The minimum atomic E-state index is -0.321. The topological polar surface area (TPSA) is 89.2 Å². The summed E-state index contributed by atoms with van der Waals surface area (Å²) in [7, 11) is 1.62. The summed E-state index contributed by atoms with van der Waals surface area (Å²) in [4.78, 5) is 39.2. The zero-order valence-electron chi connectivity index (χ0n) is 16.9. The van der Waals surface area contributed by atoms with Gasteiger partial charge in [0.1, 0.15) is 5.56 Å². The third-order valence-corrected chi connectivity index (χ3v) is 5.40. The number of rotatable bonds is 5. The molecule has 1 N–H and O–H groups in total. The maximum absolute atomic E-state index is 12.7. The number of carbonyl (C=O) groups is 1. The zero-order valence-corrected chi connectivity index (χ0v) is 16.9. The summed E-state index contributed by atoms with van der Waals surface area (Å²) in [5.41, 5.74) is 2.20. The van der Waals surface area contributed by atoms with E-state index in [0.29, 0.717) is 18.7 Å². The summed E-state index contributed by atoms with van der Waals surface area (Å²) in [5, 5.41) is 6.99. The van der Waals surface area contributed by atoms with Crippen LogP contribution in [-0.4, -0.2) is 39.9 Å². The lowest BCUT2D eigenvalue weighted by molar-refractivity contribution is 0.0945. The number of aromatic nitrogens is 3. The highest BCUT2D eigenvalue weighted by atomic mass is 16.2. The summed E-state index contributed by atoms with van der Waals surface area (Å²) in [6, 6.07) is 3.46. The minimum Gasteiger partial charge on any atom is -0.370 e. The monoisotopic (exact) mass is 385 g/mol. The highest BCUT2D eigenvalue weighted by Crippen LogP contribution is 2.21. The smallest absolute Gasteiger partial charge is 0.268 e. The second-order valence-electron chi connectivity index (χ2n) is 7.38. The van der Waals surface area contributed by atoms with E-state index in [0.717, 1.165) is 30.9 Å². The van der Waals surface area contributed by atoms with E-state index < -0.39 is 0 Å². The van der Waals surface area contributed by atoms with E-state index >= 15 is 0 Å². The van der Waals surface area contributed by atoms with Gasteiger partial charge < -0.3 is 14.8 Å². The van der Waals surface area contributed by atoms with E-state index in [4.69, 9.17) is 0 Å². The molecule has 3 heterocycles. The number of anilines is 1. The van der Waals surface area contributed by atoms with Crippen molar-refractivity contribution < 1.29 is 4.79 Å². The molecule has 1 unspecified atom stereocenters. The lowest BCUT2D eigenvalue weighted by atomic mass is 10.1. The highest BCUT2D eigenvalue weighted by molar-refractivity contribution is 5.95. The van der Waals surface area contributed by atoms with Gasteiger partial charge in [-0.05, 0) is 44.7 Å². The molecule has 2 aromatic heterocycles. The van der Waals surface area contributed by atoms with Gasteiger partial charge in [0.25, 0.3) is 17.0 Å². The Hall–Kier alpha value is -2.90. The number of aryl methyl sites for hydroxylation is 3. The van der Waals surface area contributed by atoms with Crippen LogP contribution >= 0.6 is 0 Å². The molecule has 0 aliphatic carbocycles. The first-order valence-electron chi connectivity index (χ1n) is 9.59. The van der Waals surface area contributed by atoms with Crippen molar-refractivity contribution >= 4 is 11.6 Å². The number of hydrogen-bond acceptors (Lipinski definition) is 5. The second-order valence-corrected chi connectivity index (χ2v) is 7.38. The molecule has 28 heavy (non-hydrogen) atoms. The quantitative estimate of drug-likeness (QED) is 0.824. The summed E-state index contributed by atoms with van der Waals surface area (Å²) in [5.74, 6) is -0.0643. The third-order valence-electron chi connectivity index (χ3n) is 5.40. The van der Waals surface area contributed by atoms with Crippen LogP contribution in [0.3, 0.4) is 0 Å². The normalized spacial score (nSPS) is 16.4. The predicted octanol–water partition coefficient (Wildman–Crippen LogP) is 0.835. The predicted molar refractivity (Wildman–Crippen MR) is 108 cm³/mol.